The number of carbonyl (C=O) groups is 1. The van der Waals surface area contributed by atoms with E-state index in [2.05, 4.69) is 37.3 Å². The van der Waals surface area contributed by atoms with E-state index < -0.39 is 0 Å². The zero-order valence-corrected chi connectivity index (χ0v) is 15.6. The third kappa shape index (κ3) is 3.26. The number of aryl methyl sites for hydroxylation is 1. The van der Waals surface area contributed by atoms with Gasteiger partial charge in [-0.25, -0.2) is 0 Å². The van der Waals surface area contributed by atoms with Crippen molar-refractivity contribution in [3.05, 3.63) is 95.6 Å². The Bertz CT molecular complexity index is 890. The van der Waals surface area contributed by atoms with Crippen molar-refractivity contribution in [1.29, 1.82) is 0 Å². The van der Waals surface area contributed by atoms with Gasteiger partial charge in [-0.3, -0.25) is 0 Å². The second-order valence-electron chi connectivity index (χ2n) is 6.20. The molecule has 4 rings (SSSR count). The summed E-state index contributed by atoms with van der Waals surface area (Å²) in [6.45, 7) is 2.08. The van der Waals surface area contributed by atoms with Crippen LogP contribution in [0, 0.1) is 6.92 Å². The number of hydrogen-bond acceptors (Lipinski definition) is 2. The predicted octanol–water partition coefficient (Wildman–Crippen LogP) is 3.86. The van der Waals surface area contributed by atoms with Crippen LogP contribution in [0.4, 0.5) is 0 Å². The van der Waals surface area contributed by atoms with Crippen LogP contribution in [0.25, 0.3) is 0 Å². The van der Waals surface area contributed by atoms with Gasteiger partial charge in [0.2, 0.25) is 0 Å². The third-order valence-electron chi connectivity index (χ3n) is 4.41. The molecule has 0 aliphatic carbocycles. The maximum absolute atomic E-state index is 12.8. The van der Waals surface area contributed by atoms with Gasteiger partial charge in [-0.2, -0.15) is 0 Å². The SMILES string of the molecule is Cc1ccc2c(c1)[C@@H](c1ccccc1)[C@H]([Se]c1ccccc1)C(=O)O2. The molecule has 0 saturated heterocycles. The molecule has 0 aromatic heterocycles. The van der Waals surface area contributed by atoms with E-state index in [0.29, 0.717) is 5.75 Å². The Kier molecular flexibility index (Phi) is 4.44. The molecule has 0 fully saturated rings. The minimum atomic E-state index is -0.161. The first kappa shape index (κ1) is 16.1. The molecule has 1 aliphatic heterocycles. The van der Waals surface area contributed by atoms with Crippen LogP contribution in [-0.4, -0.2) is 20.9 Å². The Balaban J connectivity index is 1.82. The molecular weight excluding hydrogens is 375 g/mol. The molecule has 0 unspecified atom stereocenters. The molecule has 3 aromatic rings. The summed E-state index contributed by atoms with van der Waals surface area (Å²) < 4.78 is 6.92. The van der Waals surface area contributed by atoms with Gasteiger partial charge >= 0.3 is 154 Å². The maximum atomic E-state index is 12.8. The molecule has 3 aromatic carbocycles. The normalized spacial score (nSPS) is 19.2. The molecule has 3 heteroatoms. The van der Waals surface area contributed by atoms with Crippen molar-refractivity contribution in [3.63, 3.8) is 0 Å². The number of esters is 1. The Hall–Kier alpha value is -2.35. The number of rotatable bonds is 3. The van der Waals surface area contributed by atoms with E-state index in [0.717, 1.165) is 5.56 Å². The van der Waals surface area contributed by atoms with E-state index in [-0.39, 0.29) is 31.7 Å². The molecule has 0 N–H and O–H groups in total. The summed E-state index contributed by atoms with van der Waals surface area (Å²) in [5, 5.41) is 0. The molecule has 124 valence electrons. The average molecular weight is 393 g/mol. The van der Waals surface area contributed by atoms with Gasteiger partial charge in [0.25, 0.3) is 0 Å². The first-order valence-electron chi connectivity index (χ1n) is 8.31. The molecule has 25 heavy (non-hydrogen) atoms. The summed E-state index contributed by atoms with van der Waals surface area (Å²) in [4.78, 5) is 12.7. The quantitative estimate of drug-likeness (QED) is 0.384. The van der Waals surface area contributed by atoms with Crippen LogP contribution in [0.3, 0.4) is 0 Å². The fourth-order valence-corrected chi connectivity index (χ4v) is 5.75. The second-order valence-corrected chi connectivity index (χ2v) is 8.75. The molecule has 0 spiro atoms. The monoisotopic (exact) mass is 394 g/mol. The fraction of sp³-hybridized carbons (Fsp3) is 0.136. The molecule has 0 bridgehead atoms. The molecule has 0 radical (unpaired) electrons. The standard InChI is InChI=1S/C22H18O2Se/c1-15-12-13-19-18(14-15)20(16-8-4-2-5-9-16)21(22(23)24-19)25-17-10-6-3-7-11-17/h2-14,20-21H,1H3/t20-,21+/m1/s1. The van der Waals surface area contributed by atoms with Crippen molar-refractivity contribution < 1.29 is 9.53 Å². The summed E-state index contributed by atoms with van der Waals surface area (Å²) in [6, 6.07) is 26.7. The van der Waals surface area contributed by atoms with Crippen LogP contribution >= 0.6 is 0 Å². The molecule has 0 saturated carbocycles. The Morgan fingerprint density at radius 3 is 2.28 bits per heavy atom. The van der Waals surface area contributed by atoms with Gasteiger partial charge in [0, 0.05) is 0 Å². The Labute approximate surface area is 154 Å². The van der Waals surface area contributed by atoms with Crippen molar-refractivity contribution in [2.45, 2.75) is 17.7 Å². The topological polar surface area (TPSA) is 26.3 Å². The van der Waals surface area contributed by atoms with Crippen molar-refractivity contribution in [2.75, 3.05) is 0 Å². The van der Waals surface area contributed by atoms with Crippen molar-refractivity contribution in [3.8, 4) is 5.75 Å². The average Bonchev–Trinajstić information content (AvgIpc) is 2.64. The van der Waals surface area contributed by atoms with Gasteiger partial charge in [-0.1, -0.05) is 0 Å². The number of carbonyl (C=O) groups excluding carboxylic acids is 1. The van der Waals surface area contributed by atoms with Gasteiger partial charge < -0.3 is 0 Å². The van der Waals surface area contributed by atoms with Gasteiger partial charge in [0.1, 0.15) is 0 Å². The summed E-state index contributed by atoms with van der Waals surface area (Å²) in [5.74, 6) is 0.621. The molecule has 1 aliphatic rings. The third-order valence-corrected chi connectivity index (χ3v) is 7.06. The van der Waals surface area contributed by atoms with E-state index in [1.807, 2.05) is 48.5 Å². The van der Waals surface area contributed by atoms with Gasteiger partial charge in [-0.15, -0.1) is 0 Å². The van der Waals surface area contributed by atoms with Crippen LogP contribution in [0.5, 0.6) is 5.75 Å². The van der Waals surface area contributed by atoms with Crippen molar-refractivity contribution in [2.24, 2.45) is 0 Å². The zero-order chi connectivity index (χ0) is 17.2. The molecule has 2 nitrogen and oxygen atoms in total. The number of benzene rings is 3. The Morgan fingerprint density at radius 2 is 1.56 bits per heavy atom. The van der Waals surface area contributed by atoms with Crippen LogP contribution in [0.1, 0.15) is 22.6 Å². The van der Waals surface area contributed by atoms with Crippen LogP contribution < -0.4 is 9.20 Å². The number of ether oxygens (including phenoxy) is 1. The summed E-state index contributed by atoms with van der Waals surface area (Å²) in [7, 11) is 0. The summed E-state index contributed by atoms with van der Waals surface area (Å²) in [5.41, 5.74) is 3.48. The number of hydrogen-bond donors (Lipinski definition) is 0. The Morgan fingerprint density at radius 1 is 0.880 bits per heavy atom. The van der Waals surface area contributed by atoms with E-state index in [4.69, 9.17) is 4.74 Å². The van der Waals surface area contributed by atoms with E-state index in [9.17, 15) is 4.79 Å². The summed E-state index contributed by atoms with van der Waals surface area (Å²) in [6.07, 6.45) is 0. The summed E-state index contributed by atoms with van der Waals surface area (Å²) >= 11 is 0.000285. The van der Waals surface area contributed by atoms with Crippen LogP contribution in [0.2, 0.25) is 4.82 Å². The first-order chi connectivity index (χ1) is 12.2. The van der Waals surface area contributed by atoms with Gasteiger partial charge in [0.05, 0.1) is 0 Å². The molecule has 1 heterocycles. The predicted molar refractivity (Wildman–Crippen MR) is 101 cm³/mol. The van der Waals surface area contributed by atoms with Crippen molar-refractivity contribution in [1.82, 2.24) is 0 Å². The molecule has 0 amide bonds. The van der Waals surface area contributed by atoms with E-state index >= 15 is 0 Å². The minimum absolute atomic E-state index is 0.000285. The van der Waals surface area contributed by atoms with Gasteiger partial charge in [0.15, 0.2) is 0 Å². The van der Waals surface area contributed by atoms with Crippen LogP contribution in [-0.2, 0) is 4.79 Å². The van der Waals surface area contributed by atoms with Crippen molar-refractivity contribution >= 4 is 25.4 Å². The molecular formula is C22H18O2Se. The van der Waals surface area contributed by atoms with Gasteiger partial charge in [-0.05, 0) is 0 Å². The fourth-order valence-electron chi connectivity index (χ4n) is 3.25. The number of fused-ring (bicyclic) bond motifs is 1. The van der Waals surface area contributed by atoms with E-state index in [1.54, 1.807) is 0 Å². The zero-order valence-electron chi connectivity index (χ0n) is 13.9. The second kappa shape index (κ2) is 6.87. The van der Waals surface area contributed by atoms with Crippen LogP contribution in [0.15, 0.2) is 78.9 Å². The van der Waals surface area contributed by atoms with E-state index in [1.165, 1.54) is 15.6 Å². The molecule has 2 atom stereocenters. The first-order valence-corrected chi connectivity index (χ1v) is 10.2.